The number of hydrogen-bond acceptors (Lipinski definition) is 3. The van der Waals surface area contributed by atoms with E-state index in [1.54, 1.807) is 0 Å². The van der Waals surface area contributed by atoms with E-state index >= 15 is 0 Å². The molecule has 0 spiro atoms. The third kappa shape index (κ3) is 2.77. The van der Waals surface area contributed by atoms with Gasteiger partial charge in [-0.05, 0) is 44.2 Å². The summed E-state index contributed by atoms with van der Waals surface area (Å²) < 4.78 is 7.30. The van der Waals surface area contributed by atoms with Gasteiger partial charge in [-0.2, -0.15) is 5.10 Å². The highest BCUT2D eigenvalue weighted by Gasteiger charge is 2.28. The molecule has 2 heterocycles. The maximum absolute atomic E-state index is 12.7. The predicted molar refractivity (Wildman–Crippen MR) is 86.9 cm³/mol. The van der Waals surface area contributed by atoms with Crippen LogP contribution < -0.4 is 5.32 Å². The van der Waals surface area contributed by atoms with E-state index in [1.807, 2.05) is 35.0 Å². The lowest BCUT2D eigenvalue weighted by molar-refractivity contribution is 0.0693. The number of para-hydroxylation sites is 1. The van der Waals surface area contributed by atoms with Gasteiger partial charge in [0.2, 0.25) is 0 Å². The molecule has 2 aliphatic rings. The van der Waals surface area contributed by atoms with Crippen LogP contribution in [0.1, 0.15) is 41.0 Å². The number of rotatable bonds is 3. The van der Waals surface area contributed by atoms with Crippen molar-refractivity contribution < 1.29 is 9.53 Å². The Bertz CT molecular complexity index is 703. The minimum atomic E-state index is -0.0373. The first-order valence-corrected chi connectivity index (χ1v) is 8.38. The van der Waals surface area contributed by atoms with Gasteiger partial charge in [0.1, 0.15) is 0 Å². The largest absolute Gasteiger partial charge is 0.381 e. The van der Waals surface area contributed by atoms with E-state index in [9.17, 15) is 4.79 Å². The first-order chi connectivity index (χ1) is 11.3. The lowest BCUT2D eigenvalue weighted by Crippen LogP contribution is -2.39. The number of carbonyl (C=O) groups is 1. The van der Waals surface area contributed by atoms with Crippen LogP contribution in [-0.4, -0.2) is 34.9 Å². The molecule has 1 aromatic carbocycles. The fourth-order valence-corrected chi connectivity index (χ4v) is 3.50. The number of aromatic nitrogens is 2. The molecular weight excluding hydrogens is 290 g/mol. The molecule has 4 rings (SSSR count). The number of ether oxygens (including phenoxy) is 1. The van der Waals surface area contributed by atoms with Gasteiger partial charge in [0.05, 0.1) is 5.69 Å². The fraction of sp³-hybridized carbons (Fsp3) is 0.444. The van der Waals surface area contributed by atoms with Crippen LogP contribution in [0, 0.1) is 0 Å². The number of hydrogen-bond donors (Lipinski definition) is 1. The van der Waals surface area contributed by atoms with Gasteiger partial charge < -0.3 is 10.1 Å². The Morgan fingerprint density at radius 3 is 2.74 bits per heavy atom. The summed E-state index contributed by atoms with van der Waals surface area (Å²) in [6, 6.07) is 10.3. The van der Waals surface area contributed by atoms with Crippen molar-refractivity contribution in [2.45, 2.75) is 38.1 Å². The number of nitrogens with zero attached hydrogens (tertiary/aromatic N) is 2. The maximum Gasteiger partial charge on any atom is 0.272 e. The van der Waals surface area contributed by atoms with E-state index in [4.69, 9.17) is 4.74 Å². The molecule has 1 fully saturated rings. The van der Waals surface area contributed by atoms with Crippen LogP contribution in [0.4, 0.5) is 0 Å². The van der Waals surface area contributed by atoms with Gasteiger partial charge in [0, 0.05) is 30.5 Å². The van der Waals surface area contributed by atoms with Crippen molar-refractivity contribution in [3.63, 3.8) is 0 Å². The van der Waals surface area contributed by atoms with Gasteiger partial charge in [-0.15, -0.1) is 0 Å². The van der Waals surface area contributed by atoms with E-state index in [1.165, 1.54) is 5.69 Å². The maximum atomic E-state index is 12.7. The molecular formula is C18H21N3O2. The van der Waals surface area contributed by atoms with Gasteiger partial charge >= 0.3 is 0 Å². The van der Waals surface area contributed by atoms with Crippen molar-refractivity contribution in [3.05, 3.63) is 47.3 Å². The lowest BCUT2D eigenvalue weighted by Gasteiger charge is -2.22. The Labute approximate surface area is 135 Å². The molecule has 1 amide bonds. The molecule has 1 saturated heterocycles. The third-order valence-corrected chi connectivity index (χ3v) is 4.70. The average Bonchev–Trinajstić information content (AvgIpc) is 3.18. The Kier molecular flexibility index (Phi) is 3.87. The van der Waals surface area contributed by atoms with Crippen molar-refractivity contribution in [2.24, 2.45) is 0 Å². The second kappa shape index (κ2) is 6.16. The first kappa shape index (κ1) is 14.5. The summed E-state index contributed by atoms with van der Waals surface area (Å²) in [5, 5.41) is 7.78. The molecule has 0 unspecified atom stereocenters. The highest BCUT2D eigenvalue weighted by molar-refractivity contribution is 5.94. The monoisotopic (exact) mass is 311 g/mol. The van der Waals surface area contributed by atoms with Crippen molar-refractivity contribution in [1.82, 2.24) is 15.1 Å². The van der Waals surface area contributed by atoms with Crippen LogP contribution in [0.3, 0.4) is 0 Å². The summed E-state index contributed by atoms with van der Waals surface area (Å²) in [5.41, 5.74) is 3.94. The summed E-state index contributed by atoms with van der Waals surface area (Å²) in [6.45, 7) is 1.45. The molecule has 1 aliphatic heterocycles. The second-order valence-electron chi connectivity index (χ2n) is 6.23. The van der Waals surface area contributed by atoms with Gasteiger partial charge in [0.25, 0.3) is 5.91 Å². The Morgan fingerprint density at radius 2 is 1.96 bits per heavy atom. The van der Waals surface area contributed by atoms with Crippen molar-refractivity contribution >= 4 is 5.91 Å². The van der Waals surface area contributed by atoms with E-state index in [2.05, 4.69) is 10.4 Å². The Morgan fingerprint density at radius 1 is 1.17 bits per heavy atom. The molecule has 2 aromatic rings. The SMILES string of the molecule is O=C(NC1CCOCC1)c1nn(-c2ccccc2)c2c1CCC2. The number of carbonyl (C=O) groups excluding carboxylic acids is 1. The molecule has 23 heavy (non-hydrogen) atoms. The van der Waals surface area contributed by atoms with E-state index in [0.29, 0.717) is 5.69 Å². The van der Waals surface area contributed by atoms with E-state index in [0.717, 1.165) is 56.6 Å². The molecule has 0 radical (unpaired) electrons. The molecule has 0 saturated carbocycles. The van der Waals surface area contributed by atoms with Gasteiger partial charge in [0.15, 0.2) is 5.69 Å². The van der Waals surface area contributed by atoms with Crippen LogP contribution in [0.2, 0.25) is 0 Å². The molecule has 1 aliphatic carbocycles. The summed E-state index contributed by atoms with van der Waals surface area (Å²) in [6.07, 6.45) is 4.79. The molecule has 1 N–H and O–H groups in total. The minimum Gasteiger partial charge on any atom is -0.381 e. The Balaban J connectivity index is 1.63. The molecule has 1 aromatic heterocycles. The molecule has 5 heteroatoms. The number of fused-ring (bicyclic) bond motifs is 1. The predicted octanol–water partition coefficient (Wildman–Crippen LogP) is 2.27. The average molecular weight is 311 g/mol. The number of amides is 1. The highest BCUT2D eigenvalue weighted by atomic mass is 16.5. The number of benzene rings is 1. The third-order valence-electron chi connectivity index (χ3n) is 4.70. The molecule has 120 valence electrons. The summed E-state index contributed by atoms with van der Waals surface area (Å²) in [4.78, 5) is 12.7. The molecule has 0 bridgehead atoms. The van der Waals surface area contributed by atoms with Crippen molar-refractivity contribution in [2.75, 3.05) is 13.2 Å². The van der Waals surface area contributed by atoms with Crippen LogP contribution in [-0.2, 0) is 17.6 Å². The van der Waals surface area contributed by atoms with E-state index in [-0.39, 0.29) is 11.9 Å². The summed E-state index contributed by atoms with van der Waals surface area (Å²) >= 11 is 0. The zero-order valence-corrected chi connectivity index (χ0v) is 13.1. The normalized spacial score (nSPS) is 17.9. The lowest BCUT2D eigenvalue weighted by atomic mass is 10.1. The first-order valence-electron chi connectivity index (χ1n) is 8.38. The van der Waals surface area contributed by atoms with Gasteiger partial charge in [-0.1, -0.05) is 18.2 Å². The quantitative estimate of drug-likeness (QED) is 0.946. The summed E-state index contributed by atoms with van der Waals surface area (Å²) in [7, 11) is 0. The Hall–Kier alpha value is -2.14. The van der Waals surface area contributed by atoms with Crippen molar-refractivity contribution in [3.8, 4) is 5.69 Å². The van der Waals surface area contributed by atoms with Gasteiger partial charge in [-0.25, -0.2) is 4.68 Å². The standard InChI is InChI=1S/C18H21N3O2/c22-18(19-13-9-11-23-12-10-13)17-15-7-4-8-16(15)21(20-17)14-5-2-1-3-6-14/h1-3,5-6,13H,4,7-12H2,(H,19,22). The second-order valence-corrected chi connectivity index (χ2v) is 6.23. The van der Waals surface area contributed by atoms with Gasteiger partial charge in [-0.3, -0.25) is 4.79 Å². The fourth-order valence-electron chi connectivity index (χ4n) is 3.50. The zero-order valence-electron chi connectivity index (χ0n) is 13.1. The minimum absolute atomic E-state index is 0.0373. The van der Waals surface area contributed by atoms with Crippen LogP contribution in [0.25, 0.3) is 5.69 Å². The summed E-state index contributed by atoms with van der Waals surface area (Å²) in [5.74, 6) is -0.0373. The zero-order chi connectivity index (χ0) is 15.6. The van der Waals surface area contributed by atoms with Crippen LogP contribution >= 0.6 is 0 Å². The topological polar surface area (TPSA) is 56.1 Å². The van der Waals surface area contributed by atoms with Crippen molar-refractivity contribution in [1.29, 1.82) is 0 Å². The van der Waals surface area contributed by atoms with Crippen LogP contribution in [0.15, 0.2) is 30.3 Å². The number of nitrogens with one attached hydrogen (secondary N) is 1. The van der Waals surface area contributed by atoms with Crippen LogP contribution in [0.5, 0.6) is 0 Å². The highest BCUT2D eigenvalue weighted by Crippen LogP contribution is 2.28. The molecule has 0 atom stereocenters. The van der Waals surface area contributed by atoms with E-state index < -0.39 is 0 Å². The smallest absolute Gasteiger partial charge is 0.272 e. The molecule has 5 nitrogen and oxygen atoms in total.